The number of morpholine rings is 1. The lowest BCUT2D eigenvalue weighted by Crippen LogP contribution is -2.36. The van der Waals surface area contributed by atoms with Gasteiger partial charge in [0.1, 0.15) is 28.7 Å². The maximum atomic E-state index is 6.12. The van der Waals surface area contributed by atoms with Crippen LogP contribution in [0.25, 0.3) is 32.2 Å². The highest BCUT2D eigenvalue weighted by Gasteiger charge is 2.23. The molecule has 1 aliphatic rings. The van der Waals surface area contributed by atoms with Crippen LogP contribution < -0.4 is 9.64 Å². The monoisotopic (exact) mass is 445 g/mol. The molecular weight excluding hydrogens is 426 g/mol. The molecule has 0 saturated carbocycles. The average Bonchev–Trinajstić information content (AvgIpc) is 3.36. The molecule has 1 aliphatic heterocycles. The fourth-order valence-electron chi connectivity index (χ4n) is 3.68. The van der Waals surface area contributed by atoms with Crippen LogP contribution in [-0.4, -0.2) is 60.0 Å². The molecule has 156 valence electrons. The van der Waals surface area contributed by atoms with Gasteiger partial charge in [0.25, 0.3) is 0 Å². The van der Waals surface area contributed by atoms with Crippen molar-refractivity contribution in [1.29, 1.82) is 0 Å². The fraction of sp³-hybridized carbons (Fsp3) is 0.350. The second kappa shape index (κ2) is 7.99. The lowest BCUT2D eigenvalue weighted by molar-refractivity contribution is 0.123. The maximum Gasteiger partial charge on any atom is 0.173 e. The summed E-state index contributed by atoms with van der Waals surface area (Å²) in [7, 11) is 3.30. The van der Waals surface area contributed by atoms with E-state index in [0.29, 0.717) is 23.4 Å². The quantitative estimate of drug-likeness (QED) is 0.432. The number of fused-ring (bicyclic) bond motifs is 2. The van der Waals surface area contributed by atoms with Crippen LogP contribution in [0.15, 0.2) is 24.3 Å². The molecule has 0 amide bonds. The number of ether oxygens (including phenoxy) is 3. The first-order valence-electron chi connectivity index (χ1n) is 9.52. The minimum atomic E-state index is 0.294. The van der Waals surface area contributed by atoms with Crippen molar-refractivity contribution < 1.29 is 14.2 Å². The molecule has 0 atom stereocenters. The van der Waals surface area contributed by atoms with Gasteiger partial charge in [-0.2, -0.15) is 0 Å². The molecule has 0 spiro atoms. The standard InChI is InChI=1S/C20H20ClN5O3S/c1-27-11-26-18-12(3-6-15(21)23-18)22-19(26)20-24-16-14(28-2)5-4-13(17(16)30-20)25-7-9-29-10-8-25/h3-6H,7-11H2,1-2H3. The second-order valence-corrected chi connectivity index (χ2v) is 8.23. The van der Waals surface area contributed by atoms with Crippen LogP contribution >= 0.6 is 22.9 Å². The van der Waals surface area contributed by atoms with Gasteiger partial charge in [0.2, 0.25) is 0 Å². The number of anilines is 1. The van der Waals surface area contributed by atoms with Crippen LogP contribution in [0.1, 0.15) is 0 Å². The molecule has 0 unspecified atom stereocenters. The molecule has 8 nitrogen and oxygen atoms in total. The number of methoxy groups -OCH3 is 2. The molecular formula is C20H20ClN5O3S. The first kappa shape index (κ1) is 19.5. The molecule has 3 aromatic heterocycles. The van der Waals surface area contributed by atoms with E-state index in [2.05, 4.69) is 16.0 Å². The third-order valence-electron chi connectivity index (χ3n) is 5.07. The van der Waals surface area contributed by atoms with Crippen molar-refractivity contribution in [2.24, 2.45) is 0 Å². The number of imidazole rings is 1. The number of rotatable bonds is 5. The van der Waals surface area contributed by atoms with Gasteiger partial charge in [0.15, 0.2) is 16.5 Å². The second-order valence-electron chi connectivity index (χ2n) is 6.84. The van der Waals surface area contributed by atoms with Crippen molar-refractivity contribution in [2.75, 3.05) is 45.4 Å². The van der Waals surface area contributed by atoms with Gasteiger partial charge in [-0.3, -0.25) is 4.57 Å². The van der Waals surface area contributed by atoms with Gasteiger partial charge in [-0.05, 0) is 24.3 Å². The van der Waals surface area contributed by atoms with Crippen molar-refractivity contribution in [3.05, 3.63) is 29.4 Å². The first-order chi connectivity index (χ1) is 14.7. The highest BCUT2D eigenvalue weighted by atomic mass is 35.5. The zero-order valence-corrected chi connectivity index (χ0v) is 18.2. The van der Waals surface area contributed by atoms with E-state index in [1.165, 1.54) is 0 Å². The normalized spacial score (nSPS) is 14.7. The Bertz CT molecular complexity index is 1220. The Balaban J connectivity index is 1.71. The molecule has 0 bridgehead atoms. The smallest absolute Gasteiger partial charge is 0.173 e. The predicted octanol–water partition coefficient (Wildman–Crippen LogP) is 3.81. The summed E-state index contributed by atoms with van der Waals surface area (Å²) < 4.78 is 19.5. The lowest BCUT2D eigenvalue weighted by atomic mass is 10.2. The van der Waals surface area contributed by atoms with Crippen molar-refractivity contribution in [1.82, 2.24) is 19.5 Å². The van der Waals surface area contributed by atoms with E-state index in [0.717, 1.165) is 58.5 Å². The molecule has 1 aromatic carbocycles. The fourth-order valence-corrected chi connectivity index (χ4v) is 4.94. The lowest BCUT2D eigenvalue weighted by Gasteiger charge is -2.29. The molecule has 0 aliphatic carbocycles. The van der Waals surface area contributed by atoms with Crippen LogP contribution in [0.5, 0.6) is 5.75 Å². The number of hydrogen-bond donors (Lipinski definition) is 0. The SMILES string of the molecule is COCn1c(-c2nc3c(OC)ccc(N4CCOCC4)c3s2)nc2ccc(Cl)nc21. The van der Waals surface area contributed by atoms with Crippen molar-refractivity contribution >= 4 is 50.0 Å². The van der Waals surface area contributed by atoms with Gasteiger partial charge in [-0.15, -0.1) is 11.3 Å². The maximum absolute atomic E-state index is 6.12. The summed E-state index contributed by atoms with van der Waals surface area (Å²) in [6, 6.07) is 7.65. The molecule has 1 fully saturated rings. The third-order valence-corrected chi connectivity index (χ3v) is 6.35. The molecule has 30 heavy (non-hydrogen) atoms. The number of aromatic nitrogens is 4. The highest BCUT2D eigenvalue weighted by Crippen LogP contribution is 2.41. The van der Waals surface area contributed by atoms with Gasteiger partial charge in [0.05, 0.1) is 30.7 Å². The van der Waals surface area contributed by atoms with Gasteiger partial charge in [0, 0.05) is 20.2 Å². The average molecular weight is 446 g/mol. The van der Waals surface area contributed by atoms with Gasteiger partial charge < -0.3 is 19.1 Å². The minimum absolute atomic E-state index is 0.294. The van der Waals surface area contributed by atoms with Crippen molar-refractivity contribution in [2.45, 2.75) is 6.73 Å². The number of pyridine rings is 1. The summed E-state index contributed by atoms with van der Waals surface area (Å²) in [5.74, 6) is 1.43. The molecule has 5 rings (SSSR count). The van der Waals surface area contributed by atoms with E-state index in [4.69, 9.17) is 35.8 Å². The molecule has 1 saturated heterocycles. The number of hydrogen-bond acceptors (Lipinski definition) is 8. The predicted molar refractivity (Wildman–Crippen MR) is 118 cm³/mol. The Morgan fingerprint density at radius 1 is 1.10 bits per heavy atom. The minimum Gasteiger partial charge on any atom is -0.494 e. The third kappa shape index (κ3) is 3.27. The number of halogens is 1. The van der Waals surface area contributed by atoms with E-state index in [1.807, 2.05) is 16.7 Å². The van der Waals surface area contributed by atoms with E-state index in [1.54, 1.807) is 31.6 Å². The van der Waals surface area contributed by atoms with Gasteiger partial charge in [-0.1, -0.05) is 11.6 Å². The Morgan fingerprint density at radius 2 is 1.93 bits per heavy atom. The van der Waals surface area contributed by atoms with E-state index in [-0.39, 0.29) is 0 Å². The summed E-state index contributed by atoms with van der Waals surface area (Å²) >= 11 is 7.70. The number of nitrogens with zero attached hydrogens (tertiary/aromatic N) is 5. The van der Waals surface area contributed by atoms with Gasteiger partial charge >= 0.3 is 0 Å². The van der Waals surface area contributed by atoms with Crippen LogP contribution in [0, 0.1) is 0 Å². The summed E-state index contributed by atoms with van der Waals surface area (Å²) in [5.41, 5.74) is 3.36. The largest absolute Gasteiger partial charge is 0.494 e. The van der Waals surface area contributed by atoms with Crippen molar-refractivity contribution in [3.8, 4) is 16.6 Å². The number of benzene rings is 1. The van der Waals surface area contributed by atoms with E-state index < -0.39 is 0 Å². The highest BCUT2D eigenvalue weighted by molar-refractivity contribution is 7.22. The summed E-state index contributed by atoms with van der Waals surface area (Å²) in [6.07, 6.45) is 0. The zero-order valence-electron chi connectivity index (χ0n) is 16.6. The van der Waals surface area contributed by atoms with Crippen LogP contribution in [0.3, 0.4) is 0 Å². The Kier molecular flexibility index (Phi) is 5.20. The van der Waals surface area contributed by atoms with E-state index >= 15 is 0 Å². The molecule has 10 heteroatoms. The molecule has 4 aromatic rings. The Morgan fingerprint density at radius 3 is 2.70 bits per heavy atom. The molecule has 4 heterocycles. The van der Waals surface area contributed by atoms with Crippen molar-refractivity contribution in [3.63, 3.8) is 0 Å². The Hall–Kier alpha value is -2.46. The molecule has 0 N–H and O–H groups in total. The first-order valence-corrected chi connectivity index (χ1v) is 10.7. The summed E-state index contributed by atoms with van der Waals surface area (Å²) in [6.45, 7) is 3.42. The summed E-state index contributed by atoms with van der Waals surface area (Å²) in [4.78, 5) is 16.4. The van der Waals surface area contributed by atoms with Crippen LogP contribution in [0.4, 0.5) is 5.69 Å². The van der Waals surface area contributed by atoms with Gasteiger partial charge in [-0.25, -0.2) is 15.0 Å². The van der Waals surface area contributed by atoms with Crippen LogP contribution in [-0.2, 0) is 16.2 Å². The van der Waals surface area contributed by atoms with Crippen LogP contribution in [0.2, 0.25) is 5.15 Å². The topological polar surface area (TPSA) is 74.5 Å². The van der Waals surface area contributed by atoms with E-state index in [9.17, 15) is 0 Å². The molecule has 0 radical (unpaired) electrons. The number of thiazole rings is 1. The Labute approximate surface area is 182 Å². The zero-order chi connectivity index (χ0) is 20.7. The summed E-state index contributed by atoms with van der Waals surface area (Å²) in [5, 5.41) is 1.18.